The van der Waals surface area contributed by atoms with Gasteiger partial charge in [0.15, 0.2) is 0 Å². The van der Waals surface area contributed by atoms with Crippen molar-refractivity contribution in [3.8, 4) is 0 Å². The molecule has 1 aliphatic carbocycles. The molecule has 0 amide bonds. The lowest BCUT2D eigenvalue weighted by Gasteiger charge is -2.00. The van der Waals surface area contributed by atoms with Crippen LogP contribution in [0.25, 0.3) is 0 Å². The Kier molecular flexibility index (Phi) is 0.742. The molecule has 2 heteroatoms. The Morgan fingerprint density at radius 2 is 2.38 bits per heavy atom. The Hall–Kier alpha value is -0.370. The van der Waals surface area contributed by atoms with E-state index in [1.165, 1.54) is 6.42 Å². The highest BCUT2D eigenvalue weighted by Gasteiger charge is 2.45. The van der Waals surface area contributed by atoms with Gasteiger partial charge in [-0.3, -0.25) is 0 Å². The van der Waals surface area contributed by atoms with E-state index in [2.05, 4.69) is 5.32 Å². The van der Waals surface area contributed by atoms with E-state index in [9.17, 15) is 4.79 Å². The Morgan fingerprint density at radius 3 is 2.75 bits per heavy atom. The minimum Gasteiger partial charge on any atom is -0.305 e. The summed E-state index contributed by atoms with van der Waals surface area (Å²) in [5.74, 6) is 0.852. The van der Waals surface area contributed by atoms with E-state index in [0.29, 0.717) is 6.04 Å². The van der Waals surface area contributed by atoms with Gasteiger partial charge in [-0.05, 0) is 18.8 Å². The molecule has 1 saturated heterocycles. The van der Waals surface area contributed by atoms with Gasteiger partial charge < -0.3 is 10.1 Å². The lowest BCUT2D eigenvalue weighted by atomic mass is 10.2. The van der Waals surface area contributed by atoms with Crippen molar-refractivity contribution in [3.05, 3.63) is 0 Å². The Morgan fingerprint density at radius 1 is 1.50 bits per heavy atom. The number of hydrogen-bond donors (Lipinski definition) is 1. The van der Waals surface area contributed by atoms with Crippen molar-refractivity contribution in [2.45, 2.75) is 24.9 Å². The topological polar surface area (TPSA) is 29.1 Å². The predicted molar refractivity (Wildman–Crippen MR) is 29.5 cm³/mol. The molecule has 2 rings (SSSR count). The van der Waals surface area contributed by atoms with Crippen molar-refractivity contribution >= 4 is 6.29 Å². The van der Waals surface area contributed by atoms with Crippen LogP contribution in [-0.4, -0.2) is 18.4 Å². The standard InChI is InChI=1S/C6H9NO/c8-3-5-1-4-2-6(4)7-5/h3-7H,1-2H2. The van der Waals surface area contributed by atoms with Crippen molar-refractivity contribution < 1.29 is 4.79 Å². The van der Waals surface area contributed by atoms with Crippen LogP contribution in [0.2, 0.25) is 0 Å². The number of nitrogens with one attached hydrogen (secondary N) is 1. The molecule has 1 N–H and O–H groups in total. The van der Waals surface area contributed by atoms with E-state index in [4.69, 9.17) is 0 Å². The van der Waals surface area contributed by atoms with Crippen LogP contribution in [0, 0.1) is 5.92 Å². The maximum atomic E-state index is 10.1. The van der Waals surface area contributed by atoms with Gasteiger partial charge in [0.25, 0.3) is 0 Å². The van der Waals surface area contributed by atoms with Crippen LogP contribution in [0.4, 0.5) is 0 Å². The Labute approximate surface area is 48.3 Å². The molecule has 2 nitrogen and oxygen atoms in total. The molecule has 1 aliphatic heterocycles. The predicted octanol–water partition coefficient (Wildman–Crippen LogP) is -0.0643. The average molecular weight is 111 g/mol. The lowest BCUT2D eigenvalue weighted by molar-refractivity contribution is -0.109. The highest BCUT2D eigenvalue weighted by atomic mass is 16.1. The number of aldehydes is 1. The van der Waals surface area contributed by atoms with E-state index in [-0.39, 0.29) is 6.04 Å². The maximum absolute atomic E-state index is 10.1. The molecule has 1 saturated carbocycles. The monoisotopic (exact) mass is 111 g/mol. The summed E-state index contributed by atoms with van der Waals surface area (Å²) in [6.45, 7) is 0. The molecular formula is C6H9NO. The second kappa shape index (κ2) is 1.32. The van der Waals surface area contributed by atoms with Crippen LogP contribution in [0.15, 0.2) is 0 Å². The Bertz CT molecular complexity index is 114. The third-order valence-corrected chi connectivity index (χ3v) is 2.07. The molecule has 0 radical (unpaired) electrons. The summed E-state index contributed by atoms with van der Waals surface area (Å²) in [6, 6.07) is 0.906. The third kappa shape index (κ3) is 0.494. The number of fused-ring (bicyclic) bond motifs is 1. The summed E-state index contributed by atoms with van der Waals surface area (Å²) in [4.78, 5) is 10.1. The van der Waals surface area contributed by atoms with Crippen molar-refractivity contribution in [3.63, 3.8) is 0 Å². The van der Waals surface area contributed by atoms with E-state index in [1.807, 2.05) is 0 Å². The second-order valence-corrected chi connectivity index (χ2v) is 2.75. The molecule has 0 aromatic heterocycles. The molecule has 3 unspecified atom stereocenters. The number of rotatable bonds is 1. The minimum absolute atomic E-state index is 0.193. The van der Waals surface area contributed by atoms with Gasteiger partial charge in [0.2, 0.25) is 0 Å². The fraction of sp³-hybridized carbons (Fsp3) is 0.833. The van der Waals surface area contributed by atoms with Gasteiger partial charge in [0.05, 0.1) is 6.04 Å². The molecule has 8 heavy (non-hydrogen) atoms. The van der Waals surface area contributed by atoms with Gasteiger partial charge in [-0.1, -0.05) is 0 Å². The van der Waals surface area contributed by atoms with Gasteiger partial charge in [0.1, 0.15) is 6.29 Å². The molecular weight excluding hydrogens is 102 g/mol. The minimum atomic E-state index is 0.193. The second-order valence-electron chi connectivity index (χ2n) is 2.75. The van der Waals surface area contributed by atoms with E-state index < -0.39 is 0 Å². The molecule has 2 aliphatic rings. The first kappa shape index (κ1) is 4.50. The Balaban J connectivity index is 1.98. The zero-order chi connectivity index (χ0) is 5.56. The molecule has 0 bridgehead atoms. The van der Waals surface area contributed by atoms with Gasteiger partial charge in [-0.2, -0.15) is 0 Å². The van der Waals surface area contributed by atoms with Crippen LogP contribution < -0.4 is 5.32 Å². The smallest absolute Gasteiger partial charge is 0.136 e. The van der Waals surface area contributed by atoms with E-state index in [0.717, 1.165) is 18.6 Å². The normalized spacial score (nSPS) is 50.8. The van der Waals surface area contributed by atoms with Crippen LogP contribution in [0.5, 0.6) is 0 Å². The SMILES string of the molecule is O=CC1CC2CC2N1. The van der Waals surface area contributed by atoms with Crippen LogP contribution >= 0.6 is 0 Å². The molecule has 44 valence electrons. The van der Waals surface area contributed by atoms with Gasteiger partial charge in [-0.25, -0.2) is 0 Å². The quantitative estimate of drug-likeness (QED) is 0.480. The summed E-state index contributed by atoms with van der Waals surface area (Å²) >= 11 is 0. The number of carbonyl (C=O) groups is 1. The number of carbonyl (C=O) groups excluding carboxylic acids is 1. The molecule has 2 fully saturated rings. The van der Waals surface area contributed by atoms with Gasteiger partial charge in [-0.15, -0.1) is 0 Å². The third-order valence-electron chi connectivity index (χ3n) is 2.07. The lowest BCUT2D eigenvalue weighted by Crippen LogP contribution is -2.26. The van der Waals surface area contributed by atoms with Crippen molar-refractivity contribution in [2.75, 3.05) is 0 Å². The first-order valence-corrected chi connectivity index (χ1v) is 3.11. The highest BCUT2D eigenvalue weighted by molar-refractivity contribution is 5.59. The molecule has 0 spiro atoms. The van der Waals surface area contributed by atoms with Crippen LogP contribution in [0.1, 0.15) is 12.8 Å². The molecule has 1 heterocycles. The van der Waals surface area contributed by atoms with Crippen molar-refractivity contribution in [2.24, 2.45) is 5.92 Å². The van der Waals surface area contributed by atoms with Crippen molar-refractivity contribution in [1.82, 2.24) is 5.32 Å². The maximum Gasteiger partial charge on any atom is 0.136 e. The van der Waals surface area contributed by atoms with Crippen molar-refractivity contribution in [1.29, 1.82) is 0 Å². The average Bonchev–Trinajstić information content (AvgIpc) is 2.40. The first-order chi connectivity index (χ1) is 3.90. The van der Waals surface area contributed by atoms with E-state index >= 15 is 0 Å². The summed E-state index contributed by atoms with van der Waals surface area (Å²) < 4.78 is 0. The zero-order valence-electron chi connectivity index (χ0n) is 4.63. The summed E-state index contributed by atoms with van der Waals surface area (Å²) in [5.41, 5.74) is 0. The van der Waals surface area contributed by atoms with Gasteiger partial charge >= 0.3 is 0 Å². The molecule has 0 aromatic carbocycles. The fourth-order valence-corrected chi connectivity index (χ4v) is 1.48. The van der Waals surface area contributed by atoms with Crippen LogP contribution in [-0.2, 0) is 4.79 Å². The van der Waals surface area contributed by atoms with E-state index in [1.54, 1.807) is 0 Å². The number of piperidine rings is 1. The largest absolute Gasteiger partial charge is 0.305 e. The number of hydrogen-bond acceptors (Lipinski definition) is 2. The zero-order valence-corrected chi connectivity index (χ0v) is 4.63. The first-order valence-electron chi connectivity index (χ1n) is 3.11. The molecule has 3 atom stereocenters. The van der Waals surface area contributed by atoms with Gasteiger partial charge in [0, 0.05) is 6.04 Å². The fourth-order valence-electron chi connectivity index (χ4n) is 1.48. The summed E-state index contributed by atoms with van der Waals surface area (Å²) in [7, 11) is 0. The summed E-state index contributed by atoms with van der Waals surface area (Å²) in [5, 5.41) is 3.21. The summed E-state index contributed by atoms with van der Waals surface area (Å²) in [6.07, 6.45) is 3.42. The van der Waals surface area contributed by atoms with Crippen LogP contribution in [0.3, 0.4) is 0 Å². The molecule has 0 aromatic rings. The highest BCUT2D eigenvalue weighted by Crippen LogP contribution is 2.39.